The fourth-order valence-electron chi connectivity index (χ4n) is 5.13. The second-order valence-electron chi connectivity index (χ2n) is 9.66. The standard InChI is InChI=1S/C34H30Br2O4/c1-34(26-13-15-32(30(35)21-26)39-19-17-37,27-14-16-33(31(36)22-27)40-20-18-38)25-11-9-24(10-12-25)29-8-4-6-23-5-2-3-7-28(23)29/h2-16,21-22,37-38H,17-20H2,1H3. The second kappa shape index (κ2) is 12.6. The maximum absolute atomic E-state index is 9.20. The molecule has 0 amide bonds. The highest BCUT2D eigenvalue weighted by Crippen LogP contribution is 2.44. The van der Waals surface area contributed by atoms with Crippen LogP contribution in [0.3, 0.4) is 0 Å². The number of halogens is 2. The fraction of sp³-hybridized carbons (Fsp3) is 0.176. The van der Waals surface area contributed by atoms with E-state index < -0.39 is 5.41 Å². The highest BCUT2D eigenvalue weighted by atomic mass is 79.9. The van der Waals surface area contributed by atoms with Crippen LogP contribution in [-0.4, -0.2) is 36.6 Å². The Labute approximate surface area is 251 Å². The van der Waals surface area contributed by atoms with Gasteiger partial charge < -0.3 is 19.7 Å². The third kappa shape index (κ3) is 5.68. The average Bonchev–Trinajstić information content (AvgIpc) is 2.99. The lowest BCUT2D eigenvalue weighted by Crippen LogP contribution is -2.25. The Balaban J connectivity index is 1.61. The molecule has 5 aromatic rings. The van der Waals surface area contributed by atoms with Crippen molar-refractivity contribution in [3.8, 4) is 22.6 Å². The zero-order chi connectivity index (χ0) is 28.1. The number of hydrogen-bond acceptors (Lipinski definition) is 4. The van der Waals surface area contributed by atoms with Crippen molar-refractivity contribution in [3.05, 3.63) is 129 Å². The van der Waals surface area contributed by atoms with Crippen molar-refractivity contribution in [3.63, 3.8) is 0 Å². The molecule has 0 aromatic heterocycles. The number of aliphatic hydroxyl groups excluding tert-OH is 2. The Kier molecular flexibility index (Phi) is 8.91. The monoisotopic (exact) mass is 660 g/mol. The van der Waals surface area contributed by atoms with Crippen molar-refractivity contribution in [2.24, 2.45) is 0 Å². The van der Waals surface area contributed by atoms with Gasteiger partial charge in [0, 0.05) is 5.41 Å². The van der Waals surface area contributed by atoms with E-state index >= 15 is 0 Å². The van der Waals surface area contributed by atoms with Gasteiger partial charge in [0.2, 0.25) is 0 Å². The van der Waals surface area contributed by atoms with Crippen molar-refractivity contribution in [2.45, 2.75) is 12.3 Å². The fourth-order valence-corrected chi connectivity index (χ4v) is 6.12. The van der Waals surface area contributed by atoms with Crippen molar-refractivity contribution in [2.75, 3.05) is 26.4 Å². The molecule has 0 spiro atoms. The zero-order valence-corrected chi connectivity index (χ0v) is 25.3. The smallest absolute Gasteiger partial charge is 0.133 e. The molecule has 0 saturated heterocycles. The molecule has 4 nitrogen and oxygen atoms in total. The summed E-state index contributed by atoms with van der Waals surface area (Å²) >= 11 is 7.35. The van der Waals surface area contributed by atoms with Gasteiger partial charge in [0.15, 0.2) is 0 Å². The normalized spacial score (nSPS) is 11.5. The van der Waals surface area contributed by atoms with E-state index in [4.69, 9.17) is 9.47 Å². The molecule has 0 bridgehead atoms. The molecule has 5 rings (SSSR count). The average molecular weight is 662 g/mol. The second-order valence-corrected chi connectivity index (χ2v) is 11.4. The number of benzene rings is 5. The molecule has 0 unspecified atom stereocenters. The Morgan fingerprint density at radius 3 is 1.70 bits per heavy atom. The van der Waals surface area contributed by atoms with E-state index in [1.807, 2.05) is 12.1 Å². The molecular weight excluding hydrogens is 632 g/mol. The lowest BCUT2D eigenvalue weighted by Gasteiger charge is -2.33. The van der Waals surface area contributed by atoms with Crippen molar-refractivity contribution in [1.29, 1.82) is 0 Å². The van der Waals surface area contributed by atoms with Crippen molar-refractivity contribution < 1.29 is 19.7 Å². The Morgan fingerprint density at radius 1 is 0.625 bits per heavy atom. The predicted octanol–water partition coefficient (Wildman–Crippen LogP) is 8.13. The largest absolute Gasteiger partial charge is 0.490 e. The number of aliphatic hydroxyl groups is 2. The van der Waals surface area contributed by atoms with Crippen LogP contribution in [0.2, 0.25) is 0 Å². The predicted molar refractivity (Wildman–Crippen MR) is 168 cm³/mol. The van der Waals surface area contributed by atoms with Crippen LogP contribution >= 0.6 is 31.9 Å². The van der Waals surface area contributed by atoms with E-state index in [0.717, 1.165) is 31.2 Å². The summed E-state index contributed by atoms with van der Waals surface area (Å²) in [5.74, 6) is 1.36. The van der Waals surface area contributed by atoms with Crippen molar-refractivity contribution in [1.82, 2.24) is 0 Å². The Hall–Kier alpha value is -3.16. The third-order valence-electron chi connectivity index (χ3n) is 7.28. The van der Waals surface area contributed by atoms with Gasteiger partial charge in [0.1, 0.15) is 24.7 Å². The quantitative estimate of drug-likeness (QED) is 0.148. The lowest BCUT2D eigenvalue weighted by atomic mass is 9.71. The van der Waals surface area contributed by atoms with E-state index in [2.05, 4.69) is 130 Å². The first-order valence-electron chi connectivity index (χ1n) is 13.1. The van der Waals surface area contributed by atoms with Gasteiger partial charge >= 0.3 is 0 Å². The van der Waals surface area contributed by atoms with Gasteiger partial charge in [0.05, 0.1) is 22.2 Å². The van der Waals surface area contributed by atoms with E-state index in [1.165, 1.54) is 16.3 Å². The number of ether oxygens (including phenoxy) is 2. The molecule has 2 N–H and O–H groups in total. The summed E-state index contributed by atoms with van der Waals surface area (Å²) in [6, 6.07) is 35.8. The molecule has 204 valence electrons. The maximum Gasteiger partial charge on any atom is 0.133 e. The minimum Gasteiger partial charge on any atom is -0.490 e. The molecule has 0 saturated carbocycles. The summed E-state index contributed by atoms with van der Waals surface area (Å²) in [7, 11) is 0. The lowest BCUT2D eigenvalue weighted by molar-refractivity contribution is 0.200. The van der Waals surface area contributed by atoms with Crippen LogP contribution in [-0.2, 0) is 5.41 Å². The third-order valence-corrected chi connectivity index (χ3v) is 8.52. The van der Waals surface area contributed by atoms with Gasteiger partial charge in [-0.05, 0) is 102 Å². The molecule has 0 radical (unpaired) electrons. The van der Waals surface area contributed by atoms with Crippen LogP contribution in [0, 0.1) is 0 Å². The highest BCUT2D eigenvalue weighted by Gasteiger charge is 2.32. The first-order valence-corrected chi connectivity index (χ1v) is 14.7. The summed E-state index contributed by atoms with van der Waals surface area (Å²) < 4.78 is 13.0. The summed E-state index contributed by atoms with van der Waals surface area (Å²) in [6.45, 7) is 2.58. The molecule has 0 aliphatic carbocycles. The number of hydrogen-bond donors (Lipinski definition) is 2. The number of fused-ring (bicyclic) bond motifs is 1. The summed E-state index contributed by atoms with van der Waals surface area (Å²) in [5.41, 5.74) is 5.11. The van der Waals surface area contributed by atoms with Crippen LogP contribution in [0.5, 0.6) is 11.5 Å². The van der Waals surface area contributed by atoms with Crippen LogP contribution in [0.1, 0.15) is 23.6 Å². The molecule has 0 aliphatic heterocycles. The molecule has 5 aromatic carbocycles. The van der Waals surface area contributed by atoms with Gasteiger partial charge in [0.25, 0.3) is 0 Å². The van der Waals surface area contributed by atoms with Crippen LogP contribution in [0.25, 0.3) is 21.9 Å². The molecular formula is C34H30Br2O4. The van der Waals surface area contributed by atoms with Gasteiger partial charge in [-0.3, -0.25) is 0 Å². The van der Waals surface area contributed by atoms with E-state index in [-0.39, 0.29) is 26.4 Å². The minimum absolute atomic E-state index is 0.0479. The summed E-state index contributed by atoms with van der Waals surface area (Å²) in [6.07, 6.45) is 0. The molecule has 0 aliphatic rings. The molecule has 0 fully saturated rings. The van der Waals surface area contributed by atoms with E-state index in [0.29, 0.717) is 11.5 Å². The zero-order valence-electron chi connectivity index (χ0n) is 22.1. The number of rotatable bonds is 10. The van der Waals surface area contributed by atoms with Crippen LogP contribution in [0.15, 0.2) is 112 Å². The van der Waals surface area contributed by atoms with E-state index in [9.17, 15) is 10.2 Å². The van der Waals surface area contributed by atoms with Crippen molar-refractivity contribution >= 4 is 42.6 Å². The van der Waals surface area contributed by atoms with Crippen LogP contribution < -0.4 is 9.47 Å². The van der Waals surface area contributed by atoms with Gasteiger partial charge in [-0.25, -0.2) is 0 Å². The SMILES string of the molecule is CC(c1ccc(-c2cccc3ccccc23)cc1)(c1ccc(OCCO)c(Br)c1)c1ccc(OCCO)c(Br)c1. The first kappa shape index (κ1) is 28.4. The Bertz CT molecular complexity index is 1550. The van der Waals surface area contributed by atoms with Gasteiger partial charge in [-0.15, -0.1) is 0 Å². The maximum atomic E-state index is 9.20. The molecule has 40 heavy (non-hydrogen) atoms. The Morgan fingerprint density at radius 2 is 1.15 bits per heavy atom. The van der Waals surface area contributed by atoms with E-state index in [1.54, 1.807) is 0 Å². The minimum atomic E-state index is -0.520. The topological polar surface area (TPSA) is 58.9 Å². The van der Waals surface area contributed by atoms with Gasteiger partial charge in [-0.2, -0.15) is 0 Å². The highest BCUT2D eigenvalue weighted by molar-refractivity contribution is 9.10. The summed E-state index contributed by atoms with van der Waals surface area (Å²) in [4.78, 5) is 0. The molecule has 6 heteroatoms. The van der Waals surface area contributed by atoms with Gasteiger partial charge in [-0.1, -0.05) is 78.9 Å². The van der Waals surface area contributed by atoms with Crippen LogP contribution in [0.4, 0.5) is 0 Å². The molecule has 0 atom stereocenters. The first-order chi connectivity index (χ1) is 19.5. The summed E-state index contributed by atoms with van der Waals surface area (Å²) in [5, 5.41) is 20.8. The molecule has 0 heterocycles.